The predicted molar refractivity (Wildman–Crippen MR) is 71.4 cm³/mol. The van der Waals surface area contributed by atoms with Crippen LogP contribution in [0.4, 0.5) is 5.69 Å². The summed E-state index contributed by atoms with van der Waals surface area (Å²) >= 11 is 0. The molecule has 1 aromatic rings. The van der Waals surface area contributed by atoms with Crippen molar-refractivity contribution in [3.63, 3.8) is 0 Å². The van der Waals surface area contributed by atoms with Crippen molar-refractivity contribution in [3.8, 4) is 0 Å². The number of hydrogen-bond donors (Lipinski definition) is 1. The van der Waals surface area contributed by atoms with Crippen molar-refractivity contribution in [2.75, 3.05) is 26.4 Å². The maximum atomic E-state index is 11.6. The molecule has 98 valence electrons. The van der Waals surface area contributed by atoms with Crippen LogP contribution in [-0.2, 0) is 4.74 Å². The van der Waals surface area contributed by atoms with E-state index >= 15 is 0 Å². The van der Waals surface area contributed by atoms with E-state index in [0.29, 0.717) is 17.3 Å². The zero-order valence-electron chi connectivity index (χ0n) is 11.0. The first kappa shape index (κ1) is 12.9. The average Bonchev–Trinajstić information content (AvgIpc) is 2.39. The van der Waals surface area contributed by atoms with Crippen LogP contribution in [0.5, 0.6) is 0 Å². The highest BCUT2D eigenvalue weighted by molar-refractivity contribution is 5.95. The topological polar surface area (TPSA) is 55.6 Å². The van der Waals surface area contributed by atoms with Gasteiger partial charge in [-0.3, -0.25) is 4.90 Å². The van der Waals surface area contributed by atoms with E-state index in [1.165, 1.54) is 20.0 Å². The van der Waals surface area contributed by atoms with Gasteiger partial charge in [0.15, 0.2) is 0 Å². The smallest absolute Gasteiger partial charge is 0.339 e. The van der Waals surface area contributed by atoms with Gasteiger partial charge in [-0.15, -0.1) is 0 Å². The summed E-state index contributed by atoms with van der Waals surface area (Å²) in [7, 11) is 3.50. The number of anilines is 1. The second kappa shape index (κ2) is 5.40. The van der Waals surface area contributed by atoms with Crippen LogP contribution in [0.2, 0.25) is 0 Å². The lowest BCUT2D eigenvalue weighted by atomic mass is 9.94. The molecule has 0 saturated carbocycles. The van der Waals surface area contributed by atoms with E-state index in [2.05, 4.69) is 11.9 Å². The quantitative estimate of drug-likeness (QED) is 0.644. The number of nitrogens with zero attached hydrogens (tertiary/aromatic N) is 1. The molecule has 1 aliphatic rings. The van der Waals surface area contributed by atoms with Crippen LogP contribution in [0.1, 0.15) is 41.2 Å². The van der Waals surface area contributed by atoms with Crippen LogP contribution >= 0.6 is 0 Å². The Morgan fingerprint density at radius 3 is 2.89 bits per heavy atom. The summed E-state index contributed by atoms with van der Waals surface area (Å²) < 4.78 is 4.75. The summed E-state index contributed by atoms with van der Waals surface area (Å²) in [5, 5.41) is 0. The molecule has 0 aromatic heterocycles. The molecule has 18 heavy (non-hydrogen) atoms. The standard InChI is InChI=1S/C14H20N2O2/c1-16-8-4-3-5-13(16)10-6-7-12(15)11(9-10)14(17)18-2/h6-7,9,13H,3-5,8,15H2,1-2H3. The number of methoxy groups -OCH3 is 1. The van der Waals surface area contributed by atoms with Gasteiger partial charge in [0.1, 0.15) is 0 Å². The van der Waals surface area contributed by atoms with E-state index in [0.717, 1.165) is 18.5 Å². The Bertz CT molecular complexity index is 445. The molecule has 0 amide bonds. The fourth-order valence-corrected chi connectivity index (χ4v) is 2.56. The molecule has 1 saturated heterocycles. The van der Waals surface area contributed by atoms with Crippen molar-refractivity contribution in [3.05, 3.63) is 29.3 Å². The number of benzene rings is 1. The third kappa shape index (κ3) is 2.48. The zero-order valence-corrected chi connectivity index (χ0v) is 11.0. The molecule has 1 fully saturated rings. The Labute approximate surface area is 108 Å². The molecule has 2 N–H and O–H groups in total. The van der Waals surface area contributed by atoms with E-state index in [9.17, 15) is 4.79 Å². The average molecular weight is 248 g/mol. The SMILES string of the molecule is COC(=O)c1cc(C2CCCCN2C)ccc1N. The van der Waals surface area contributed by atoms with Crippen LogP contribution in [0, 0.1) is 0 Å². The third-order valence-electron chi connectivity index (χ3n) is 3.64. The van der Waals surface area contributed by atoms with Gasteiger partial charge in [-0.05, 0) is 44.1 Å². The minimum atomic E-state index is -0.368. The van der Waals surface area contributed by atoms with Crippen LogP contribution in [-0.4, -0.2) is 31.6 Å². The lowest BCUT2D eigenvalue weighted by molar-refractivity contribution is 0.0601. The summed E-state index contributed by atoms with van der Waals surface area (Å²) in [5.74, 6) is -0.368. The molecule has 1 aliphatic heterocycles. The van der Waals surface area contributed by atoms with Gasteiger partial charge in [-0.2, -0.15) is 0 Å². The third-order valence-corrected chi connectivity index (χ3v) is 3.64. The van der Waals surface area contributed by atoms with Crippen molar-refractivity contribution in [2.45, 2.75) is 25.3 Å². The van der Waals surface area contributed by atoms with E-state index in [4.69, 9.17) is 10.5 Å². The first-order valence-corrected chi connectivity index (χ1v) is 6.31. The highest BCUT2D eigenvalue weighted by Gasteiger charge is 2.22. The molecule has 4 heteroatoms. The number of piperidine rings is 1. The fourth-order valence-electron chi connectivity index (χ4n) is 2.56. The van der Waals surface area contributed by atoms with Gasteiger partial charge in [0.25, 0.3) is 0 Å². The van der Waals surface area contributed by atoms with Gasteiger partial charge in [0.2, 0.25) is 0 Å². The molecular weight excluding hydrogens is 228 g/mol. The molecule has 0 aliphatic carbocycles. The van der Waals surface area contributed by atoms with Gasteiger partial charge in [-0.1, -0.05) is 12.5 Å². The van der Waals surface area contributed by atoms with Crippen molar-refractivity contribution >= 4 is 11.7 Å². The van der Waals surface area contributed by atoms with E-state index in [1.54, 1.807) is 6.07 Å². The molecule has 2 rings (SSSR count). The summed E-state index contributed by atoms with van der Waals surface area (Å²) in [4.78, 5) is 14.0. The lowest BCUT2D eigenvalue weighted by Crippen LogP contribution is -2.29. The Morgan fingerprint density at radius 2 is 2.22 bits per heavy atom. The number of carbonyl (C=O) groups is 1. The van der Waals surface area contributed by atoms with Gasteiger partial charge < -0.3 is 10.5 Å². The number of hydrogen-bond acceptors (Lipinski definition) is 4. The molecule has 0 bridgehead atoms. The van der Waals surface area contributed by atoms with Crippen molar-refractivity contribution in [1.82, 2.24) is 4.90 Å². The number of nitrogens with two attached hydrogens (primary N) is 1. The summed E-state index contributed by atoms with van der Waals surface area (Å²) in [5.41, 5.74) is 7.90. The Hall–Kier alpha value is -1.55. The number of likely N-dealkylation sites (tertiary alicyclic amines) is 1. The Kier molecular flexibility index (Phi) is 3.87. The summed E-state index contributed by atoms with van der Waals surface area (Å²) in [6.07, 6.45) is 3.60. The van der Waals surface area contributed by atoms with Crippen molar-refractivity contribution in [2.24, 2.45) is 0 Å². The maximum Gasteiger partial charge on any atom is 0.339 e. The monoisotopic (exact) mass is 248 g/mol. The molecule has 0 spiro atoms. The summed E-state index contributed by atoms with van der Waals surface area (Å²) in [6, 6.07) is 6.05. The molecular formula is C14H20N2O2. The molecule has 1 aromatic carbocycles. The number of rotatable bonds is 2. The highest BCUT2D eigenvalue weighted by Crippen LogP contribution is 2.31. The molecule has 0 radical (unpaired) electrons. The van der Waals surface area contributed by atoms with E-state index < -0.39 is 0 Å². The van der Waals surface area contributed by atoms with E-state index in [-0.39, 0.29) is 5.97 Å². The molecule has 1 unspecified atom stereocenters. The molecule has 1 heterocycles. The zero-order chi connectivity index (χ0) is 13.1. The van der Waals surface area contributed by atoms with Crippen LogP contribution in [0.15, 0.2) is 18.2 Å². The largest absolute Gasteiger partial charge is 0.465 e. The van der Waals surface area contributed by atoms with E-state index in [1.807, 2.05) is 12.1 Å². The summed E-state index contributed by atoms with van der Waals surface area (Å²) in [6.45, 7) is 1.10. The molecule has 4 nitrogen and oxygen atoms in total. The maximum absolute atomic E-state index is 11.6. The first-order chi connectivity index (χ1) is 8.63. The van der Waals surface area contributed by atoms with Crippen molar-refractivity contribution in [1.29, 1.82) is 0 Å². The lowest BCUT2D eigenvalue weighted by Gasteiger charge is -2.33. The second-order valence-corrected chi connectivity index (χ2v) is 4.83. The predicted octanol–water partition coefficient (Wildman–Crippen LogP) is 2.21. The van der Waals surface area contributed by atoms with Gasteiger partial charge in [-0.25, -0.2) is 4.79 Å². The van der Waals surface area contributed by atoms with Crippen molar-refractivity contribution < 1.29 is 9.53 Å². The minimum Gasteiger partial charge on any atom is -0.465 e. The Morgan fingerprint density at radius 1 is 1.44 bits per heavy atom. The fraction of sp³-hybridized carbons (Fsp3) is 0.500. The van der Waals surface area contributed by atoms with Crippen LogP contribution < -0.4 is 5.73 Å². The van der Waals surface area contributed by atoms with Gasteiger partial charge in [0.05, 0.1) is 12.7 Å². The number of carbonyl (C=O) groups excluding carboxylic acids is 1. The Balaban J connectivity index is 2.31. The second-order valence-electron chi connectivity index (χ2n) is 4.83. The van der Waals surface area contributed by atoms with Gasteiger partial charge in [0, 0.05) is 11.7 Å². The molecule has 1 atom stereocenters. The normalized spacial score (nSPS) is 20.7. The number of ether oxygens (including phenoxy) is 1. The number of nitrogen functional groups attached to an aromatic ring is 1. The van der Waals surface area contributed by atoms with Crippen LogP contribution in [0.25, 0.3) is 0 Å². The first-order valence-electron chi connectivity index (χ1n) is 6.31. The van der Waals surface area contributed by atoms with Gasteiger partial charge >= 0.3 is 5.97 Å². The number of esters is 1. The van der Waals surface area contributed by atoms with Crippen LogP contribution in [0.3, 0.4) is 0 Å². The minimum absolute atomic E-state index is 0.368. The highest BCUT2D eigenvalue weighted by atomic mass is 16.5.